The van der Waals surface area contributed by atoms with Crippen LogP contribution in [0.5, 0.6) is 0 Å². The van der Waals surface area contributed by atoms with E-state index in [-0.39, 0.29) is 16.3 Å². The van der Waals surface area contributed by atoms with Gasteiger partial charge in [0.1, 0.15) is 11.5 Å². The summed E-state index contributed by atoms with van der Waals surface area (Å²) in [5, 5.41) is 6.08. The number of halogens is 1. The van der Waals surface area contributed by atoms with Crippen LogP contribution < -0.4 is 10.5 Å². The number of aromatic nitrogens is 2. The summed E-state index contributed by atoms with van der Waals surface area (Å²) in [4.78, 5) is 11.0. The number of anilines is 1. The molecule has 1 aromatic carbocycles. The second kappa shape index (κ2) is 4.93. The lowest BCUT2D eigenvalue weighted by Crippen LogP contribution is -2.18. The number of sulfonamides is 1. The molecule has 2 aromatic rings. The van der Waals surface area contributed by atoms with E-state index in [1.807, 2.05) is 0 Å². The van der Waals surface area contributed by atoms with Gasteiger partial charge in [0.05, 0.1) is 10.6 Å². The van der Waals surface area contributed by atoms with Crippen molar-refractivity contribution in [2.45, 2.75) is 11.8 Å². The molecule has 0 aliphatic carbocycles. The van der Waals surface area contributed by atoms with E-state index in [9.17, 15) is 17.6 Å². The number of aryl methyl sites for hydroxylation is 1. The van der Waals surface area contributed by atoms with Crippen LogP contribution in [0.3, 0.4) is 0 Å². The highest BCUT2D eigenvalue weighted by molar-refractivity contribution is 7.92. The summed E-state index contributed by atoms with van der Waals surface area (Å²) in [6, 6.07) is 4.26. The highest BCUT2D eigenvalue weighted by Crippen LogP contribution is 2.21. The highest BCUT2D eigenvalue weighted by atomic mass is 32.2. The number of H-pyrrole nitrogens is 1. The molecular weight excluding hydrogens is 287 g/mol. The summed E-state index contributed by atoms with van der Waals surface area (Å²) < 4.78 is 39.2. The first kappa shape index (κ1) is 14.0. The summed E-state index contributed by atoms with van der Waals surface area (Å²) in [5.74, 6) is -1.42. The van der Waals surface area contributed by atoms with Crippen LogP contribution in [0.4, 0.5) is 10.1 Å². The summed E-state index contributed by atoms with van der Waals surface area (Å²) in [6.07, 6.45) is 0. The van der Waals surface area contributed by atoms with Crippen molar-refractivity contribution < 1.29 is 17.6 Å². The summed E-state index contributed by atoms with van der Waals surface area (Å²) >= 11 is 0. The Morgan fingerprint density at radius 2 is 1.95 bits per heavy atom. The number of benzene rings is 1. The molecule has 0 fully saturated rings. The SMILES string of the molecule is Cc1[nH]nc(C(N)=O)c1NS(=O)(=O)c1ccc(F)cc1. The van der Waals surface area contributed by atoms with Crippen LogP contribution >= 0.6 is 0 Å². The predicted octanol–water partition coefficient (Wildman–Crippen LogP) is 0.757. The summed E-state index contributed by atoms with van der Waals surface area (Å²) in [6.45, 7) is 1.53. The minimum Gasteiger partial charge on any atom is -0.364 e. The molecule has 0 saturated carbocycles. The van der Waals surface area contributed by atoms with Crippen LogP contribution in [0.15, 0.2) is 29.2 Å². The third kappa shape index (κ3) is 2.62. The minimum atomic E-state index is -3.96. The number of nitrogens with one attached hydrogen (secondary N) is 2. The molecule has 106 valence electrons. The second-order valence-corrected chi connectivity index (χ2v) is 5.68. The normalized spacial score (nSPS) is 11.3. The average molecular weight is 298 g/mol. The van der Waals surface area contributed by atoms with Crippen molar-refractivity contribution in [3.05, 3.63) is 41.5 Å². The first-order valence-electron chi connectivity index (χ1n) is 5.44. The minimum absolute atomic E-state index is 0.0261. The molecule has 0 saturated heterocycles. The van der Waals surface area contributed by atoms with Crippen LogP contribution in [-0.4, -0.2) is 24.5 Å². The lowest BCUT2D eigenvalue weighted by molar-refractivity contribution is 0.0996. The molecule has 7 nitrogen and oxygen atoms in total. The maximum Gasteiger partial charge on any atom is 0.271 e. The number of hydrogen-bond acceptors (Lipinski definition) is 4. The maximum absolute atomic E-state index is 12.8. The van der Waals surface area contributed by atoms with Gasteiger partial charge in [0.25, 0.3) is 15.9 Å². The third-order valence-electron chi connectivity index (χ3n) is 2.54. The first-order valence-corrected chi connectivity index (χ1v) is 6.93. The van der Waals surface area contributed by atoms with E-state index in [2.05, 4.69) is 14.9 Å². The number of primary amides is 1. The van der Waals surface area contributed by atoms with E-state index in [4.69, 9.17) is 5.73 Å². The molecule has 1 heterocycles. The van der Waals surface area contributed by atoms with E-state index in [0.29, 0.717) is 5.69 Å². The summed E-state index contributed by atoms with van der Waals surface area (Å²) in [7, 11) is -3.96. The number of rotatable bonds is 4. The Bertz CT molecular complexity index is 752. The number of aromatic amines is 1. The van der Waals surface area contributed by atoms with E-state index < -0.39 is 21.7 Å². The van der Waals surface area contributed by atoms with E-state index in [1.165, 1.54) is 6.92 Å². The largest absolute Gasteiger partial charge is 0.364 e. The Kier molecular flexibility index (Phi) is 3.45. The Morgan fingerprint density at radius 3 is 2.50 bits per heavy atom. The van der Waals surface area contributed by atoms with Crippen molar-refractivity contribution in [2.75, 3.05) is 4.72 Å². The van der Waals surface area contributed by atoms with Gasteiger partial charge >= 0.3 is 0 Å². The van der Waals surface area contributed by atoms with Gasteiger partial charge in [0, 0.05) is 0 Å². The zero-order valence-electron chi connectivity index (χ0n) is 10.3. The van der Waals surface area contributed by atoms with Crippen molar-refractivity contribution in [3.8, 4) is 0 Å². The first-order chi connectivity index (χ1) is 9.31. The summed E-state index contributed by atoms with van der Waals surface area (Å²) in [5.41, 5.74) is 5.20. The fourth-order valence-corrected chi connectivity index (χ4v) is 2.67. The number of nitrogens with two attached hydrogens (primary N) is 1. The molecule has 0 radical (unpaired) electrons. The van der Waals surface area contributed by atoms with E-state index >= 15 is 0 Å². The topological polar surface area (TPSA) is 118 Å². The van der Waals surface area contributed by atoms with Gasteiger partial charge in [-0.15, -0.1) is 0 Å². The van der Waals surface area contributed by atoms with Crippen LogP contribution in [0, 0.1) is 12.7 Å². The quantitative estimate of drug-likeness (QED) is 0.772. The number of amides is 1. The van der Waals surface area contributed by atoms with Crippen molar-refractivity contribution >= 4 is 21.6 Å². The second-order valence-electron chi connectivity index (χ2n) is 4.00. The van der Waals surface area contributed by atoms with Gasteiger partial charge in [0.15, 0.2) is 5.69 Å². The molecule has 0 spiro atoms. The maximum atomic E-state index is 12.8. The van der Waals surface area contributed by atoms with Crippen LogP contribution in [0.1, 0.15) is 16.2 Å². The highest BCUT2D eigenvalue weighted by Gasteiger charge is 2.21. The van der Waals surface area contributed by atoms with Crippen molar-refractivity contribution in [2.24, 2.45) is 5.73 Å². The molecule has 4 N–H and O–H groups in total. The molecule has 1 aromatic heterocycles. The number of carbonyl (C=O) groups excluding carboxylic acids is 1. The van der Waals surface area contributed by atoms with Gasteiger partial charge in [-0.2, -0.15) is 5.10 Å². The fraction of sp³-hybridized carbons (Fsp3) is 0.0909. The zero-order valence-corrected chi connectivity index (χ0v) is 11.2. The number of hydrogen-bond donors (Lipinski definition) is 3. The molecule has 20 heavy (non-hydrogen) atoms. The molecule has 0 aliphatic rings. The lowest BCUT2D eigenvalue weighted by Gasteiger charge is -2.08. The predicted molar refractivity (Wildman–Crippen MR) is 69.1 cm³/mol. The van der Waals surface area contributed by atoms with E-state index in [0.717, 1.165) is 24.3 Å². The van der Waals surface area contributed by atoms with Gasteiger partial charge in [-0.3, -0.25) is 14.6 Å². The monoisotopic (exact) mass is 298 g/mol. The van der Waals surface area contributed by atoms with E-state index in [1.54, 1.807) is 0 Å². The Morgan fingerprint density at radius 1 is 1.35 bits per heavy atom. The molecule has 1 amide bonds. The Balaban J connectivity index is 2.41. The Labute approximate surface area is 114 Å². The van der Waals surface area contributed by atoms with Gasteiger partial charge in [-0.05, 0) is 31.2 Å². The number of nitrogens with zero attached hydrogens (tertiary/aromatic N) is 1. The van der Waals surface area contributed by atoms with Crippen molar-refractivity contribution in [1.82, 2.24) is 10.2 Å². The van der Waals surface area contributed by atoms with Crippen molar-refractivity contribution in [3.63, 3.8) is 0 Å². The fourth-order valence-electron chi connectivity index (χ4n) is 1.54. The number of carbonyl (C=O) groups is 1. The van der Waals surface area contributed by atoms with Crippen molar-refractivity contribution in [1.29, 1.82) is 0 Å². The smallest absolute Gasteiger partial charge is 0.271 e. The van der Waals surface area contributed by atoms with Gasteiger partial charge in [-0.25, -0.2) is 12.8 Å². The third-order valence-corrected chi connectivity index (χ3v) is 3.91. The average Bonchev–Trinajstić information content (AvgIpc) is 2.71. The zero-order chi connectivity index (χ0) is 14.9. The van der Waals surface area contributed by atoms with Crippen LogP contribution in [-0.2, 0) is 10.0 Å². The molecule has 0 atom stereocenters. The molecular formula is C11H11FN4O3S. The molecule has 0 bridgehead atoms. The molecule has 2 rings (SSSR count). The molecule has 0 unspecified atom stereocenters. The van der Waals surface area contributed by atoms with Crippen LogP contribution in [0.25, 0.3) is 0 Å². The van der Waals surface area contributed by atoms with Gasteiger partial charge in [0.2, 0.25) is 0 Å². The molecule has 0 aliphatic heterocycles. The van der Waals surface area contributed by atoms with Gasteiger partial charge in [-0.1, -0.05) is 0 Å². The standard InChI is InChI=1S/C11H11FN4O3S/c1-6-9(10(11(13)17)15-14-6)16-20(18,19)8-4-2-7(12)3-5-8/h2-5,16H,1H3,(H2,13,17)(H,14,15). The van der Waals surface area contributed by atoms with Gasteiger partial charge < -0.3 is 5.73 Å². The lowest BCUT2D eigenvalue weighted by atomic mass is 10.3. The Hall–Kier alpha value is -2.42. The molecule has 9 heteroatoms. The van der Waals surface area contributed by atoms with Crippen LogP contribution in [0.2, 0.25) is 0 Å².